The number of aliphatic hydroxyl groups excluding tert-OH is 1. The highest BCUT2D eigenvalue weighted by Crippen LogP contribution is 2.19. The van der Waals surface area contributed by atoms with E-state index in [2.05, 4.69) is 9.82 Å². The second-order valence-electron chi connectivity index (χ2n) is 4.26. The van der Waals surface area contributed by atoms with E-state index >= 15 is 0 Å². The van der Waals surface area contributed by atoms with Gasteiger partial charge in [-0.1, -0.05) is 6.07 Å². The van der Waals surface area contributed by atoms with Crippen LogP contribution in [0.1, 0.15) is 5.56 Å². The second-order valence-corrected chi connectivity index (χ2v) is 5.91. The molecule has 20 heavy (non-hydrogen) atoms. The van der Waals surface area contributed by atoms with Crippen molar-refractivity contribution in [3.05, 3.63) is 42.0 Å². The van der Waals surface area contributed by atoms with Crippen LogP contribution in [0.15, 0.2) is 35.5 Å². The number of nitrogens with zero attached hydrogens (tertiary/aromatic N) is 2. The molecular formula is C12H14FN3O3S. The number of aryl methyl sites for hydroxylation is 1. The largest absolute Gasteiger partial charge is 0.394 e. The van der Waals surface area contributed by atoms with Gasteiger partial charge in [0.15, 0.2) is 0 Å². The Hall–Kier alpha value is -1.93. The van der Waals surface area contributed by atoms with Crippen molar-refractivity contribution in [2.75, 3.05) is 11.3 Å². The molecule has 0 radical (unpaired) electrons. The van der Waals surface area contributed by atoms with E-state index in [1.807, 2.05) is 0 Å². The Balaban J connectivity index is 2.28. The van der Waals surface area contributed by atoms with Gasteiger partial charge in [0.2, 0.25) is 0 Å². The first-order chi connectivity index (χ1) is 9.42. The highest BCUT2D eigenvalue weighted by Gasteiger charge is 2.19. The SMILES string of the molecule is Cc1ccc(F)c(S(=O)(=O)Nc2cnn(CCO)c2)c1. The number of rotatable bonds is 5. The molecule has 2 rings (SSSR count). The summed E-state index contributed by atoms with van der Waals surface area (Å²) in [5, 5.41) is 12.6. The third kappa shape index (κ3) is 3.14. The minimum Gasteiger partial charge on any atom is -0.394 e. The summed E-state index contributed by atoms with van der Waals surface area (Å²) < 4.78 is 41.5. The lowest BCUT2D eigenvalue weighted by molar-refractivity contribution is 0.269. The average Bonchev–Trinajstić information content (AvgIpc) is 2.79. The molecule has 2 aromatic rings. The summed E-state index contributed by atoms with van der Waals surface area (Å²) in [6.45, 7) is 1.82. The van der Waals surface area contributed by atoms with E-state index in [9.17, 15) is 12.8 Å². The number of benzene rings is 1. The van der Waals surface area contributed by atoms with E-state index in [1.54, 1.807) is 6.92 Å². The van der Waals surface area contributed by atoms with Gasteiger partial charge in [0.1, 0.15) is 10.7 Å². The van der Waals surface area contributed by atoms with Crippen LogP contribution in [-0.4, -0.2) is 29.9 Å². The number of halogens is 1. The van der Waals surface area contributed by atoms with Crippen molar-refractivity contribution in [3.8, 4) is 0 Å². The molecule has 0 bridgehead atoms. The molecule has 0 fully saturated rings. The standard InChI is InChI=1S/C12H14FN3O3S/c1-9-2-3-11(13)12(6-9)20(18,19)15-10-7-14-16(8-10)4-5-17/h2-3,6-8,15,17H,4-5H2,1H3. The minimum atomic E-state index is -4.01. The van der Waals surface area contributed by atoms with Gasteiger partial charge in [-0.25, -0.2) is 12.8 Å². The topological polar surface area (TPSA) is 84.2 Å². The first-order valence-electron chi connectivity index (χ1n) is 5.84. The monoisotopic (exact) mass is 299 g/mol. The maximum Gasteiger partial charge on any atom is 0.264 e. The van der Waals surface area contributed by atoms with Gasteiger partial charge in [0.25, 0.3) is 10.0 Å². The molecular weight excluding hydrogens is 285 g/mol. The first kappa shape index (κ1) is 14.5. The van der Waals surface area contributed by atoms with Crippen molar-refractivity contribution in [1.82, 2.24) is 9.78 Å². The van der Waals surface area contributed by atoms with Crippen LogP contribution in [0.2, 0.25) is 0 Å². The highest BCUT2D eigenvalue weighted by molar-refractivity contribution is 7.92. The molecule has 0 aliphatic rings. The van der Waals surface area contributed by atoms with Gasteiger partial charge in [0.05, 0.1) is 25.0 Å². The van der Waals surface area contributed by atoms with Gasteiger partial charge in [0, 0.05) is 6.20 Å². The van der Waals surface area contributed by atoms with Crippen LogP contribution in [0.3, 0.4) is 0 Å². The molecule has 1 heterocycles. The maximum absolute atomic E-state index is 13.6. The number of sulfonamides is 1. The number of aliphatic hydroxyl groups is 1. The van der Waals surface area contributed by atoms with E-state index in [0.717, 1.165) is 6.07 Å². The zero-order valence-electron chi connectivity index (χ0n) is 10.7. The fourth-order valence-corrected chi connectivity index (χ4v) is 2.86. The van der Waals surface area contributed by atoms with Crippen LogP contribution in [0.5, 0.6) is 0 Å². The Kier molecular flexibility index (Phi) is 4.05. The van der Waals surface area contributed by atoms with E-state index < -0.39 is 20.7 Å². The van der Waals surface area contributed by atoms with Gasteiger partial charge in [-0.15, -0.1) is 0 Å². The molecule has 0 saturated heterocycles. The molecule has 108 valence electrons. The third-order valence-electron chi connectivity index (χ3n) is 2.59. The summed E-state index contributed by atoms with van der Waals surface area (Å²) in [4.78, 5) is -0.410. The van der Waals surface area contributed by atoms with Crippen molar-refractivity contribution in [3.63, 3.8) is 0 Å². The fraction of sp³-hybridized carbons (Fsp3) is 0.250. The van der Waals surface area contributed by atoms with Crippen LogP contribution >= 0.6 is 0 Å². The first-order valence-corrected chi connectivity index (χ1v) is 7.33. The number of nitrogens with one attached hydrogen (secondary N) is 1. The number of hydrogen-bond donors (Lipinski definition) is 2. The smallest absolute Gasteiger partial charge is 0.264 e. The van der Waals surface area contributed by atoms with Crippen molar-refractivity contribution < 1.29 is 17.9 Å². The van der Waals surface area contributed by atoms with Crippen LogP contribution in [0, 0.1) is 12.7 Å². The Labute approximate surface area is 115 Å². The van der Waals surface area contributed by atoms with E-state index in [1.165, 1.54) is 29.2 Å². The molecule has 0 unspecified atom stereocenters. The lowest BCUT2D eigenvalue weighted by atomic mass is 10.2. The van der Waals surface area contributed by atoms with Gasteiger partial charge < -0.3 is 5.11 Å². The number of anilines is 1. The molecule has 0 amide bonds. The maximum atomic E-state index is 13.6. The second kappa shape index (κ2) is 5.59. The van der Waals surface area contributed by atoms with Crippen LogP contribution in [0.4, 0.5) is 10.1 Å². The summed E-state index contributed by atoms with van der Waals surface area (Å²) in [5.41, 5.74) is 0.849. The summed E-state index contributed by atoms with van der Waals surface area (Å²) >= 11 is 0. The van der Waals surface area contributed by atoms with E-state index in [4.69, 9.17) is 5.11 Å². The van der Waals surface area contributed by atoms with Gasteiger partial charge in [-0.2, -0.15) is 5.10 Å². The molecule has 8 heteroatoms. The Morgan fingerprint density at radius 1 is 1.45 bits per heavy atom. The normalized spacial score (nSPS) is 11.6. The Morgan fingerprint density at radius 3 is 2.90 bits per heavy atom. The molecule has 0 saturated carbocycles. The quantitative estimate of drug-likeness (QED) is 0.866. The number of aromatic nitrogens is 2. The average molecular weight is 299 g/mol. The summed E-state index contributed by atoms with van der Waals surface area (Å²) in [5.74, 6) is -0.814. The number of hydrogen-bond acceptors (Lipinski definition) is 4. The van der Waals surface area contributed by atoms with E-state index in [0.29, 0.717) is 5.56 Å². The van der Waals surface area contributed by atoms with E-state index in [-0.39, 0.29) is 18.8 Å². The van der Waals surface area contributed by atoms with Gasteiger partial charge >= 0.3 is 0 Å². The van der Waals surface area contributed by atoms with Crippen molar-refractivity contribution in [2.45, 2.75) is 18.4 Å². The van der Waals surface area contributed by atoms with Crippen molar-refractivity contribution >= 4 is 15.7 Å². The molecule has 1 aromatic heterocycles. The van der Waals surface area contributed by atoms with Crippen molar-refractivity contribution in [1.29, 1.82) is 0 Å². The zero-order chi connectivity index (χ0) is 14.8. The lowest BCUT2D eigenvalue weighted by Crippen LogP contribution is -2.14. The third-order valence-corrected chi connectivity index (χ3v) is 3.99. The highest BCUT2D eigenvalue weighted by atomic mass is 32.2. The predicted octanol–water partition coefficient (Wildman–Crippen LogP) is 1.12. The summed E-state index contributed by atoms with van der Waals surface area (Å²) in [6, 6.07) is 3.86. The molecule has 1 aromatic carbocycles. The Bertz CT molecular complexity index is 712. The predicted molar refractivity (Wildman–Crippen MR) is 71.3 cm³/mol. The molecule has 2 N–H and O–H groups in total. The minimum absolute atomic E-state index is 0.111. The summed E-state index contributed by atoms with van der Waals surface area (Å²) in [6.07, 6.45) is 2.71. The molecule has 0 atom stereocenters. The van der Waals surface area contributed by atoms with Crippen LogP contribution in [0.25, 0.3) is 0 Å². The summed E-state index contributed by atoms with van der Waals surface area (Å²) in [7, 11) is -4.01. The Morgan fingerprint density at radius 2 is 2.20 bits per heavy atom. The molecule has 0 aliphatic carbocycles. The van der Waals surface area contributed by atoms with Crippen LogP contribution in [-0.2, 0) is 16.6 Å². The molecule has 0 spiro atoms. The zero-order valence-corrected chi connectivity index (χ0v) is 11.6. The van der Waals surface area contributed by atoms with Crippen molar-refractivity contribution in [2.24, 2.45) is 0 Å². The fourth-order valence-electron chi connectivity index (χ4n) is 1.67. The van der Waals surface area contributed by atoms with Gasteiger partial charge in [-0.05, 0) is 24.6 Å². The lowest BCUT2D eigenvalue weighted by Gasteiger charge is -2.07. The van der Waals surface area contributed by atoms with Crippen LogP contribution < -0.4 is 4.72 Å². The molecule has 0 aliphatic heterocycles. The van der Waals surface area contributed by atoms with Gasteiger partial charge in [-0.3, -0.25) is 9.40 Å². The molecule has 6 nitrogen and oxygen atoms in total.